The minimum atomic E-state index is -4.56. The molecule has 0 saturated carbocycles. The lowest BCUT2D eigenvalue weighted by atomic mass is 10.3. The molecule has 3 aromatic rings. The van der Waals surface area contributed by atoms with Crippen LogP contribution in [0, 0.1) is 0 Å². The van der Waals surface area contributed by atoms with Gasteiger partial charge in [-0.2, -0.15) is 13.2 Å². The molecule has 0 saturated heterocycles. The van der Waals surface area contributed by atoms with Crippen molar-refractivity contribution in [2.24, 2.45) is 0 Å². The number of rotatable bonds is 6. The minimum absolute atomic E-state index is 0.0644. The van der Waals surface area contributed by atoms with Crippen molar-refractivity contribution in [2.75, 3.05) is 11.9 Å². The van der Waals surface area contributed by atoms with Crippen LogP contribution in [-0.4, -0.2) is 26.5 Å². The van der Waals surface area contributed by atoms with Gasteiger partial charge in [-0.3, -0.25) is 4.98 Å². The van der Waals surface area contributed by atoms with E-state index in [4.69, 9.17) is 0 Å². The number of aromatic nitrogens is 4. The summed E-state index contributed by atoms with van der Waals surface area (Å²) in [5.41, 5.74) is -0.715. The molecule has 3 heterocycles. The zero-order chi connectivity index (χ0) is 18.6. The zero-order valence-corrected chi connectivity index (χ0v) is 14.7. The summed E-state index contributed by atoms with van der Waals surface area (Å²) >= 11 is 1.60. The second kappa shape index (κ2) is 7.77. The molecule has 0 radical (unpaired) electrons. The molecule has 0 aliphatic rings. The van der Waals surface area contributed by atoms with Crippen molar-refractivity contribution < 1.29 is 13.2 Å². The molecule has 1 N–H and O–H groups in total. The van der Waals surface area contributed by atoms with Gasteiger partial charge in [-0.05, 0) is 18.6 Å². The van der Waals surface area contributed by atoms with Gasteiger partial charge in [0.05, 0.1) is 5.01 Å². The molecule has 0 bridgehead atoms. The Morgan fingerprint density at radius 1 is 1.15 bits per heavy atom. The molecule has 0 fully saturated rings. The Kier molecular flexibility index (Phi) is 5.46. The topological polar surface area (TPSA) is 63.6 Å². The van der Waals surface area contributed by atoms with Crippen LogP contribution in [-0.2, 0) is 19.0 Å². The summed E-state index contributed by atoms with van der Waals surface area (Å²) in [7, 11) is 0. The second-order valence-electron chi connectivity index (χ2n) is 5.43. The molecule has 3 rings (SSSR count). The number of hydrogen-bond donors (Lipinski definition) is 1. The third kappa shape index (κ3) is 4.54. The fourth-order valence-corrected chi connectivity index (χ4v) is 3.08. The Morgan fingerprint density at radius 2 is 2.00 bits per heavy atom. The average Bonchev–Trinajstić information content (AvgIpc) is 3.09. The van der Waals surface area contributed by atoms with Crippen LogP contribution in [0.1, 0.15) is 22.5 Å². The van der Waals surface area contributed by atoms with Gasteiger partial charge >= 0.3 is 6.18 Å². The van der Waals surface area contributed by atoms with E-state index in [9.17, 15) is 13.2 Å². The fourth-order valence-electron chi connectivity index (χ4n) is 2.22. The summed E-state index contributed by atoms with van der Waals surface area (Å²) in [6.07, 6.45) is 0.272. The van der Waals surface area contributed by atoms with Crippen LogP contribution in [0.4, 0.5) is 19.0 Å². The lowest BCUT2D eigenvalue weighted by molar-refractivity contribution is -0.141. The Morgan fingerprint density at radius 3 is 2.65 bits per heavy atom. The van der Waals surface area contributed by atoms with Gasteiger partial charge in [0.1, 0.15) is 11.5 Å². The van der Waals surface area contributed by atoms with Crippen molar-refractivity contribution >= 4 is 17.2 Å². The van der Waals surface area contributed by atoms with Crippen molar-refractivity contribution in [2.45, 2.75) is 25.9 Å². The largest absolute Gasteiger partial charge is 0.433 e. The summed E-state index contributed by atoms with van der Waals surface area (Å²) < 4.78 is 39.4. The molecule has 0 aliphatic heterocycles. The van der Waals surface area contributed by atoms with Gasteiger partial charge < -0.3 is 5.32 Å². The molecule has 136 valence electrons. The number of aryl methyl sites for hydroxylation is 1. The van der Waals surface area contributed by atoms with Crippen molar-refractivity contribution in [1.82, 2.24) is 19.9 Å². The normalized spacial score (nSPS) is 11.5. The van der Waals surface area contributed by atoms with Gasteiger partial charge in [0.2, 0.25) is 0 Å². The van der Waals surface area contributed by atoms with Gasteiger partial charge in [0.15, 0.2) is 11.5 Å². The van der Waals surface area contributed by atoms with Gasteiger partial charge in [0.25, 0.3) is 0 Å². The summed E-state index contributed by atoms with van der Waals surface area (Å²) in [6.45, 7) is 2.47. The lowest BCUT2D eigenvalue weighted by Gasteiger charge is -2.11. The van der Waals surface area contributed by atoms with Crippen molar-refractivity contribution in [3.63, 3.8) is 0 Å². The molecule has 0 atom stereocenters. The molecule has 26 heavy (non-hydrogen) atoms. The lowest BCUT2D eigenvalue weighted by Crippen LogP contribution is -2.13. The van der Waals surface area contributed by atoms with E-state index in [1.165, 1.54) is 11.1 Å². The van der Waals surface area contributed by atoms with Crippen LogP contribution in [0.15, 0.2) is 36.7 Å². The van der Waals surface area contributed by atoms with Gasteiger partial charge in [-0.1, -0.05) is 13.0 Å². The van der Waals surface area contributed by atoms with Gasteiger partial charge in [0, 0.05) is 36.3 Å². The van der Waals surface area contributed by atoms with E-state index in [1.807, 2.05) is 13.1 Å². The smallest absolute Gasteiger partial charge is 0.370 e. The van der Waals surface area contributed by atoms with Crippen LogP contribution >= 0.6 is 11.3 Å². The Labute approximate surface area is 152 Å². The number of halogens is 3. The van der Waals surface area contributed by atoms with E-state index in [-0.39, 0.29) is 17.3 Å². The summed E-state index contributed by atoms with van der Waals surface area (Å²) in [5.74, 6) is 0.0469. The number of nitrogens with zero attached hydrogens (tertiary/aromatic N) is 4. The Balaban J connectivity index is 1.79. The molecular weight excluding hydrogens is 363 g/mol. The minimum Gasteiger partial charge on any atom is -0.370 e. The van der Waals surface area contributed by atoms with Crippen LogP contribution in [0.3, 0.4) is 0 Å². The zero-order valence-electron chi connectivity index (χ0n) is 13.9. The first-order chi connectivity index (χ1) is 12.5. The van der Waals surface area contributed by atoms with Gasteiger partial charge in [-0.25, -0.2) is 15.0 Å². The highest BCUT2D eigenvalue weighted by Gasteiger charge is 2.34. The molecule has 3 aromatic heterocycles. The maximum Gasteiger partial charge on any atom is 0.433 e. The van der Waals surface area contributed by atoms with Crippen LogP contribution in [0.5, 0.6) is 0 Å². The van der Waals surface area contributed by atoms with Crippen molar-refractivity contribution in [3.05, 3.63) is 52.2 Å². The van der Waals surface area contributed by atoms with Crippen molar-refractivity contribution in [1.29, 1.82) is 0 Å². The first kappa shape index (κ1) is 18.2. The first-order valence-electron chi connectivity index (χ1n) is 8.01. The number of nitrogens with one attached hydrogen (secondary N) is 1. The van der Waals surface area contributed by atoms with E-state index in [0.29, 0.717) is 13.0 Å². The molecule has 9 heteroatoms. The number of hydrogen-bond acceptors (Lipinski definition) is 6. The highest BCUT2D eigenvalue weighted by atomic mass is 32.1. The molecule has 5 nitrogen and oxygen atoms in total. The molecule has 0 spiro atoms. The van der Waals surface area contributed by atoms with Crippen molar-refractivity contribution in [3.8, 4) is 11.5 Å². The fraction of sp³-hybridized carbons (Fsp3) is 0.294. The average molecular weight is 379 g/mol. The SMILES string of the molecule is CCc1cnc(CCNc2cc(C(F)(F)F)nc(-c3ccccn3)n2)s1. The van der Waals surface area contributed by atoms with E-state index in [0.717, 1.165) is 17.5 Å². The van der Waals surface area contributed by atoms with E-state index in [2.05, 4.69) is 25.3 Å². The number of alkyl halides is 3. The standard InChI is InChI=1S/C17H16F3N5S/c1-2-11-10-23-15(26-11)6-8-22-14-9-13(17(18,19)20)24-16(25-14)12-5-3-4-7-21-12/h3-5,7,9-10H,2,6,8H2,1H3,(H,22,24,25). The van der Waals surface area contributed by atoms with E-state index in [1.54, 1.807) is 29.5 Å². The second-order valence-corrected chi connectivity index (χ2v) is 6.63. The van der Waals surface area contributed by atoms with Crippen LogP contribution < -0.4 is 5.32 Å². The highest BCUT2D eigenvalue weighted by Crippen LogP contribution is 2.30. The van der Waals surface area contributed by atoms with Crippen LogP contribution in [0.25, 0.3) is 11.5 Å². The molecule has 0 aliphatic carbocycles. The Bertz CT molecular complexity index is 864. The third-order valence-corrected chi connectivity index (χ3v) is 4.71. The monoisotopic (exact) mass is 379 g/mol. The van der Waals surface area contributed by atoms with E-state index < -0.39 is 11.9 Å². The molecule has 0 amide bonds. The summed E-state index contributed by atoms with van der Waals surface area (Å²) in [4.78, 5) is 17.3. The molecular formula is C17H16F3N5S. The van der Waals surface area contributed by atoms with Crippen LogP contribution in [0.2, 0.25) is 0 Å². The number of thiazole rings is 1. The van der Waals surface area contributed by atoms with Gasteiger partial charge in [-0.15, -0.1) is 11.3 Å². The highest BCUT2D eigenvalue weighted by molar-refractivity contribution is 7.11. The first-order valence-corrected chi connectivity index (χ1v) is 8.82. The van der Waals surface area contributed by atoms with E-state index >= 15 is 0 Å². The third-order valence-electron chi connectivity index (χ3n) is 3.51. The summed E-state index contributed by atoms with van der Waals surface area (Å²) in [6, 6.07) is 5.83. The maximum atomic E-state index is 13.1. The quantitative estimate of drug-likeness (QED) is 0.694. The maximum absolute atomic E-state index is 13.1. The number of pyridine rings is 1. The molecule has 0 unspecified atom stereocenters. The summed E-state index contributed by atoms with van der Waals surface area (Å²) in [5, 5.41) is 3.87. The number of anilines is 1. The Hall–Kier alpha value is -2.55. The molecule has 0 aromatic carbocycles. The predicted molar refractivity (Wildman–Crippen MR) is 94.0 cm³/mol. The predicted octanol–water partition coefficient (Wildman–Crippen LogP) is 4.23.